The molecule has 2 amide bonds. The topological polar surface area (TPSA) is 58.6 Å². The van der Waals surface area contributed by atoms with Crippen LogP contribution in [0.2, 0.25) is 0 Å². The first-order valence-corrected chi connectivity index (χ1v) is 7.35. The van der Waals surface area contributed by atoms with E-state index in [2.05, 4.69) is 21.2 Å². The number of likely N-dealkylation sites (N-methyl/N-ethyl adjacent to an activating group) is 1. The fourth-order valence-corrected chi connectivity index (χ4v) is 2.50. The zero-order chi connectivity index (χ0) is 14.5. The molecule has 0 aliphatic carbocycles. The number of para-hydroxylation sites is 1. The predicted octanol–water partition coefficient (Wildman–Crippen LogP) is 2.55. The van der Waals surface area contributed by atoms with Crippen LogP contribution in [0.5, 0.6) is 5.75 Å². The highest BCUT2D eigenvalue weighted by atomic mass is 79.9. The molecule has 0 radical (unpaired) electrons. The van der Waals surface area contributed by atoms with Crippen LogP contribution in [0.15, 0.2) is 28.7 Å². The van der Waals surface area contributed by atoms with Gasteiger partial charge in [0, 0.05) is 13.6 Å². The minimum atomic E-state index is -0.606. The van der Waals surface area contributed by atoms with E-state index in [9.17, 15) is 9.59 Å². The maximum atomic E-state index is 12.0. The van der Waals surface area contributed by atoms with Gasteiger partial charge in [-0.25, -0.2) is 4.79 Å². The molecular formula is C14H17BrN2O3. The highest BCUT2D eigenvalue weighted by Crippen LogP contribution is 2.23. The number of nitrogens with one attached hydrogen (secondary N) is 1. The monoisotopic (exact) mass is 340 g/mol. The Bertz CT molecular complexity index is 507. The molecule has 1 N–H and O–H groups in total. The van der Waals surface area contributed by atoms with Crippen LogP contribution in [-0.4, -0.2) is 36.5 Å². The van der Waals surface area contributed by atoms with Gasteiger partial charge >= 0.3 is 6.09 Å². The lowest BCUT2D eigenvalue weighted by Crippen LogP contribution is -2.47. The second-order valence-corrected chi connectivity index (χ2v) is 5.63. The van der Waals surface area contributed by atoms with Crippen LogP contribution in [0, 0.1) is 0 Å². The number of nitrogens with zero attached hydrogens (tertiary/aromatic N) is 1. The van der Waals surface area contributed by atoms with Crippen molar-refractivity contribution in [2.24, 2.45) is 0 Å². The normalized spacial score (nSPS) is 19.4. The van der Waals surface area contributed by atoms with Crippen LogP contribution in [0.1, 0.15) is 19.3 Å². The first-order chi connectivity index (χ1) is 9.58. The second-order valence-electron chi connectivity index (χ2n) is 4.77. The van der Waals surface area contributed by atoms with E-state index in [1.807, 2.05) is 6.07 Å². The Balaban J connectivity index is 1.97. The fraction of sp³-hybridized carbons (Fsp3) is 0.429. The molecular weight excluding hydrogens is 324 g/mol. The molecule has 6 heteroatoms. The third-order valence-corrected chi connectivity index (χ3v) is 3.90. The van der Waals surface area contributed by atoms with E-state index in [-0.39, 0.29) is 5.91 Å². The summed E-state index contributed by atoms with van der Waals surface area (Å²) in [6.07, 6.45) is 1.91. The minimum absolute atomic E-state index is 0.0634. The molecule has 1 aromatic carbocycles. The van der Waals surface area contributed by atoms with Crippen molar-refractivity contribution in [1.29, 1.82) is 0 Å². The molecule has 1 aliphatic rings. The van der Waals surface area contributed by atoms with Crippen LogP contribution >= 0.6 is 15.9 Å². The van der Waals surface area contributed by atoms with Crippen LogP contribution in [0.4, 0.5) is 4.79 Å². The van der Waals surface area contributed by atoms with Crippen LogP contribution in [-0.2, 0) is 4.79 Å². The molecule has 1 aliphatic heterocycles. The molecule has 1 atom stereocenters. The van der Waals surface area contributed by atoms with Gasteiger partial charge in [-0.1, -0.05) is 12.1 Å². The maximum Gasteiger partial charge on any atom is 0.413 e. The lowest BCUT2D eigenvalue weighted by atomic mass is 10.1. The van der Waals surface area contributed by atoms with Crippen LogP contribution < -0.4 is 10.1 Å². The van der Waals surface area contributed by atoms with E-state index < -0.39 is 12.1 Å². The van der Waals surface area contributed by atoms with Gasteiger partial charge in [-0.05, 0) is 47.3 Å². The van der Waals surface area contributed by atoms with E-state index in [1.165, 1.54) is 0 Å². The Labute approximate surface area is 126 Å². The minimum Gasteiger partial charge on any atom is -0.409 e. The summed E-state index contributed by atoms with van der Waals surface area (Å²) in [7, 11) is 1.75. The van der Waals surface area contributed by atoms with Crippen molar-refractivity contribution >= 4 is 27.9 Å². The quantitative estimate of drug-likeness (QED) is 0.899. The van der Waals surface area contributed by atoms with E-state index in [0.717, 1.165) is 19.4 Å². The zero-order valence-corrected chi connectivity index (χ0v) is 12.9. The van der Waals surface area contributed by atoms with Gasteiger partial charge in [-0.2, -0.15) is 0 Å². The number of hydrogen-bond acceptors (Lipinski definition) is 3. The molecule has 0 bridgehead atoms. The molecule has 108 valence electrons. The molecule has 0 saturated carbocycles. The number of amides is 2. The molecule has 1 heterocycles. The maximum absolute atomic E-state index is 12.0. The molecule has 1 unspecified atom stereocenters. The molecule has 1 saturated heterocycles. The Morgan fingerprint density at radius 2 is 2.15 bits per heavy atom. The third-order valence-electron chi connectivity index (χ3n) is 3.24. The number of hydrogen-bond donors (Lipinski definition) is 1. The number of rotatable bonds is 2. The lowest BCUT2D eigenvalue weighted by molar-refractivity contribution is -0.131. The van der Waals surface area contributed by atoms with Crippen molar-refractivity contribution in [1.82, 2.24) is 10.2 Å². The molecule has 1 aromatic rings. The molecule has 1 fully saturated rings. The van der Waals surface area contributed by atoms with Crippen molar-refractivity contribution < 1.29 is 14.3 Å². The summed E-state index contributed by atoms with van der Waals surface area (Å²) in [6.45, 7) is 0.732. The van der Waals surface area contributed by atoms with Crippen molar-refractivity contribution in [2.45, 2.75) is 25.3 Å². The smallest absolute Gasteiger partial charge is 0.409 e. The fourth-order valence-electron chi connectivity index (χ4n) is 2.13. The van der Waals surface area contributed by atoms with Gasteiger partial charge in [0.1, 0.15) is 11.8 Å². The standard InChI is InChI=1S/C14H17BrN2O3/c1-17-9-5-4-7-11(13(17)18)16-14(19)20-12-8-3-2-6-10(12)15/h2-3,6,8,11H,4-5,7,9H2,1H3,(H,16,19). The van der Waals surface area contributed by atoms with Crippen LogP contribution in [0.25, 0.3) is 0 Å². The Kier molecular flexibility index (Phi) is 5.00. The summed E-state index contributed by atoms with van der Waals surface area (Å²) >= 11 is 3.30. The van der Waals surface area contributed by atoms with E-state index >= 15 is 0 Å². The molecule has 5 nitrogen and oxygen atoms in total. The second kappa shape index (κ2) is 6.74. The van der Waals surface area contributed by atoms with Gasteiger partial charge in [-0.3, -0.25) is 4.79 Å². The van der Waals surface area contributed by atoms with Crippen molar-refractivity contribution in [3.8, 4) is 5.75 Å². The average Bonchev–Trinajstić information content (AvgIpc) is 2.57. The highest BCUT2D eigenvalue weighted by molar-refractivity contribution is 9.10. The van der Waals surface area contributed by atoms with Crippen molar-refractivity contribution in [3.63, 3.8) is 0 Å². The number of halogens is 1. The van der Waals surface area contributed by atoms with E-state index in [1.54, 1.807) is 30.1 Å². The Hall–Kier alpha value is -1.56. The van der Waals surface area contributed by atoms with Crippen molar-refractivity contribution in [3.05, 3.63) is 28.7 Å². The molecule has 0 aromatic heterocycles. The molecule has 0 spiro atoms. The summed E-state index contributed by atoms with van der Waals surface area (Å²) in [5, 5.41) is 2.64. The van der Waals surface area contributed by atoms with E-state index in [0.29, 0.717) is 16.6 Å². The summed E-state index contributed by atoms with van der Waals surface area (Å²) in [4.78, 5) is 25.6. The van der Waals surface area contributed by atoms with Gasteiger partial charge in [0.15, 0.2) is 0 Å². The van der Waals surface area contributed by atoms with Gasteiger partial charge in [0.05, 0.1) is 4.47 Å². The van der Waals surface area contributed by atoms with Gasteiger partial charge in [0.2, 0.25) is 5.91 Å². The lowest BCUT2D eigenvalue weighted by Gasteiger charge is -2.20. The highest BCUT2D eigenvalue weighted by Gasteiger charge is 2.26. The molecule has 2 rings (SSSR count). The van der Waals surface area contributed by atoms with E-state index in [4.69, 9.17) is 4.74 Å². The summed E-state index contributed by atoms with van der Waals surface area (Å²) in [5.41, 5.74) is 0. The summed E-state index contributed by atoms with van der Waals surface area (Å²) in [6, 6.07) is 6.58. The number of likely N-dealkylation sites (tertiary alicyclic amines) is 1. The van der Waals surface area contributed by atoms with Gasteiger partial charge in [0.25, 0.3) is 0 Å². The number of ether oxygens (including phenoxy) is 1. The molecule has 20 heavy (non-hydrogen) atoms. The predicted molar refractivity (Wildman–Crippen MR) is 78.6 cm³/mol. The zero-order valence-electron chi connectivity index (χ0n) is 11.3. The first kappa shape index (κ1) is 14.8. The Morgan fingerprint density at radius 1 is 1.40 bits per heavy atom. The average molecular weight is 341 g/mol. The largest absolute Gasteiger partial charge is 0.413 e. The third kappa shape index (κ3) is 3.72. The summed E-state index contributed by atoms with van der Waals surface area (Å²) < 4.78 is 5.90. The van der Waals surface area contributed by atoms with Gasteiger partial charge in [-0.15, -0.1) is 0 Å². The SMILES string of the molecule is CN1CCCCC(NC(=O)Oc2ccccc2Br)C1=O. The Morgan fingerprint density at radius 3 is 2.90 bits per heavy atom. The van der Waals surface area contributed by atoms with Gasteiger partial charge < -0.3 is 15.0 Å². The number of carbonyl (C=O) groups is 2. The van der Waals surface area contributed by atoms with Crippen LogP contribution in [0.3, 0.4) is 0 Å². The first-order valence-electron chi connectivity index (χ1n) is 6.56. The van der Waals surface area contributed by atoms with Crippen molar-refractivity contribution in [2.75, 3.05) is 13.6 Å². The number of carbonyl (C=O) groups excluding carboxylic acids is 2. The number of benzene rings is 1. The summed E-state index contributed by atoms with van der Waals surface area (Å²) in [5.74, 6) is 0.367.